The maximum absolute atomic E-state index is 13.0. The Balaban J connectivity index is 2.01. The lowest BCUT2D eigenvalue weighted by Crippen LogP contribution is -2.55. The second-order valence-corrected chi connectivity index (χ2v) is 7.70. The standard InChI is InChI=1S/C19H31N9O5/c20-12(7-11-8-23-10-26-11)18(33)28-6-2-4-14(28)17(32)27-13(3-1-5-24-19(21)22)16(31)25-9-15(29)30/h8,10,12-14H,1-7,9,20H2,(H,23,26)(H,25,31)(H,27,32)(H,29,30)(H4,21,22,24). The van der Waals surface area contributed by atoms with Crippen LogP contribution in [0.25, 0.3) is 0 Å². The molecule has 10 N–H and O–H groups in total. The number of nitrogens with one attached hydrogen (secondary N) is 3. The number of hydrogen-bond donors (Lipinski definition) is 7. The number of carbonyl (C=O) groups excluding carboxylic acids is 3. The summed E-state index contributed by atoms with van der Waals surface area (Å²) >= 11 is 0. The second-order valence-electron chi connectivity index (χ2n) is 7.70. The van der Waals surface area contributed by atoms with Crippen LogP contribution in [-0.2, 0) is 25.6 Å². The molecule has 3 atom stereocenters. The monoisotopic (exact) mass is 465 g/mol. The Morgan fingerprint density at radius 3 is 2.73 bits per heavy atom. The summed E-state index contributed by atoms with van der Waals surface area (Å²) in [5.41, 5.74) is 17.3. The molecule has 2 rings (SSSR count). The van der Waals surface area contributed by atoms with Gasteiger partial charge in [-0.1, -0.05) is 0 Å². The Hall–Kier alpha value is -3.68. The average molecular weight is 466 g/mol. The van der Waals surface area contributed by atoms with E-state index in [2.05, 4.69) is 25.6 Å². The SMILES string of the molecule is NC(N)=NCCCC(NC(=O)C1CCCN1C(=O)C(N)Cc1cnc[nH]1)C(=O)NCC(=O)O. The van der Waals surface area contributed by atoms with Gasteiger partial charge in [0, 0.05) is 31.4 Å². The number of aromatic nitrogens is 2. The first kappa shape index (κ1) is 25.6. The normalized spacial score (nSPS) is 17.1. The number of guanidine groups is 1. The number of carbonyl (C=O) groups is 4. The van der Waals surface area contributed by atoms with Crippen LogP contribution in [0.5, 0.6) is 0 Å². The first-order valence-corrected chi connectivity index (χ1v) is 10.6. The molecule has 14 nitrogen and oxygen atoms in total. The van der Waals surface area contributed by atoms with Gasteiger partial charge in [-0.15, -0.1) is 0 Å². The van der Waals surface area contributed by atoms with E-state index in [1.165, 1.54) is 11.2 Å². The number of nitrogens with zero attached hydrogens (tertiary/aromatic N) is 3. The van der Waals surface area contributed by atoms with Crippen LogP contribution < -0.4 is 27.8 Å². The van der Waals surface area contributed by atoms with Crippen LogP contribution in [0.15, 0.2) is 17.5 Å². The van der Waals surface area contributed by atoms with E-state index in [4.69, 9.17) is 22.3 Å². The molecular weight excluding hydrogens is 434 g/mol. The number of hydrogen-bond acceptors (Lipinski definition) is 7. The fourth-order valence-corrected chi connectivity index (χ4v) is 3.56. The van der Waals surface area contributed by atoms with Gasteiger partial charge in [0.2, 0.25) is 17.7 Å². The summed E-state index contributed by atoms with van der Waals surface area (Å²) < 4.78 is 0. The molecule has 14 heteroatoms. The Morgan fingerprint density at radius 1 is 1.33 bits per heavy atom. The molecule has 1 saturated heterocycles. The molecule has 0 aliphatic carbocycles. The van der Waals surface area contributed by atoms with E-state index in [1.807, 2.05) is 0 Å². The van der Waals surface area contributed by atoms with Gasteiger partial charge in [-0.05, 0) is 25.7 Å². The van der Waals surface area contributed by atoms with Gasteiger partial charge in [-0.25, -0.2) is 4.98 Å². The van der Waals surface area contributed by atoms with Crippen molar-refractivity contribution in [3.63, 3.8) is 0 Å². The maximum atomic E-state index is 13.0. The molecule has 0 saturated carbocycles. The Labute approximate surface area is 190 Å². The third kappa shape index (κ3) is 8.07. The molecule has 182 valence electrons. The fourth-order valence-electron chi connectivity index (χ4n) is 3.56. The molecule has 33 heavy (non-hydrogen) atoms. The summed E-state index contributed by atoms with van der Waals surface area (Å²) in [5.74, 6) is -2.85. The highest BCUT2D eigenvalue weighted by molar-refractivity contribution is 5.94. The number of nitrogens with two attached hydrogens (primary N) is 3. The summed E-state index contributed by atoms with van der Waals surface area (Å²) in [6.45, 7) is 0.0149. The van der Waals surface area contributed by atoms with E-state index in [0.717, 1.165) is 0 Å². The molecule has 0 bridgehead atoms. The lowest BCUT2D eigenvalue weighted by Gasteiger charge is -2.28. The van der Waals surface area contributed by atoms with Gasteiger partial charge in [0.15, 0.2) is 5.96 Å². The summed E-state index contributed by atoms with van der Waals surface area (Å²) in [4.78, 5) is 61.1. The lowest BCUT2D eigenvalue weighted by atomic mass is 10.1. The number of imidazole rings is 1. The molecule has 1 aliphatic rings. The van der Waals surface area contributed by atoms with E-state index < -0.39 is 42.5 Å². The zero-order valence-electron chi connectivity index (χ0n) is 18.2. The third-order valence-corrected chi connectivity index (χ3v) is 5.14. The van der Waals surface area contributed by atoms with Crippen LogP contribution in [0.2, 0.25) is 0 Å². The van der Waals surface area contributed by atoms with Crippen molar-refractivity contribution >= 4 is 29.7 Å². The van der Waals surface area contributed by atoms with Crippen LogP contribution in [-0.4, -0.2) is 87.4 Å². The number of aromatic amines is 1. The predicted octanol–water partition coefficient (Wildman–Crippen LogP) is -2.99. The minimum Gasteiger partial charge on any atom is -0.480 e. The molecule has 0 radical (unpaired) electrons. The van der Waals surface area contributed by atoms with Crippen molar-refractivity contribution in [2.45, 2.75) is 50.2 Å². The number of aliphatic carboxylic acids is 1. The number of rotatable bonds is 12. The van der Waals surface area contributed by atoms with E-state index in [0.29, 0.717) is 31.5 Å². The van der Waals surface area contributed by atoms with Crippen LogP contribution in [0.3, 0.4) is 0 Å². The van der Waals surface area contributed by atoms with Crippen LogP contribution >= 0.6 is 0 Å². The van der Waals surface area contributed by atoms with Gasteiger partial charge in [-0.3, -0.25) is 24.2 Å². The van der Waals surface area contributed by atoms with Gasteiger partial charge in [0.1, 0.15) is 18.6 Å². The molecule has 1 aromatic heterocycles. The second kappa shape index (κ2) is 12.4. The number of likely N-dealkylation sites (tertiary alicyclic amines) is 1. The van der Waals surface area contributed by atoms with Crippen molar-refractivity contribution in [2.24, 2.45) is 22.2 Å². The highest BCUT2D eigenvalue weighted by atomic mass is 16.4. The topological polar surface area (TPSA) is 235 Å². The molecule has 1 fully saturated rings. The van der Waals surface area contributed by atoms with Gasteiger partial charge in [0.05, 0.1) is 12.4 Å². The Kier molecular flexibility index (Phi) is 9.60. The summed E-state index contributed by atoms with van der Waals surface area (Å²) in [7, 11) is 0. The van der Waals surface area contributed by atoms with Gasteiger partial charge >= 0.3 is 5.97 Å². The summed E-state index contributed by atoms with van der Waals surface area (Å²) in [6.07, 6.45) is 4.88. The molecule has 3 amide bonds. The lowest BCUT2D eigenvalue weighted by molar-refractivity contribution is -0.141. The zero-order valence-corrected chi connectivity index (χ0v) is 18.2. The molecule has 2 heterocycles. The Bertz CT molecular complexity index is 854. The molecule has 1 aliphatic heterocycles. The van der Waals surface area contributed by atoms with Crippen molar-refractivity contribution in [1.82, 2.24) is 25.5 Å². The van der Waals surface area contributed by atoms with E-state index in [9.17, 15) is 19.2 Å². The molecular formula is C19H31N9O5. The number of H-pyrrole nitrogens is 1. The van der Waals surface area contributed by atoms with Gasteiger partial charge in [-0.2, -0.15) is 0 Å². The van der Waals surface area contributed by atoms with Crippen LogP contribution in [0.4, 0.5) is 0 Å². The summed E-state index contributed by atoms with van der Waals surface area (Å²) in [5, 5.41) is 13.7. The van der Waals surface area contributed by atoms with Crippen LogP contribution in [0, 0.1) is 0 Å². The quantitative estimate of drug-likeness (QED) is 0.0945. The number of aliphatic imine (C=N–C) groups is 1. The van der Waals surface area contributed by atoms with Crippen molar-refractivity contribution in [1.29, 1.82) is 0 Å². The van der Waals surface area contributed by atoms with Crippen molar-refractivity contribution in [3.8, 4) is 0 Å². The van der Waals surface area contributed by atoms with Crippen molar-refractivity contribution in [3.05, 3.63) is 18.2 Å². The molecule has 0 spiro atoms. The summed E-state index contributed by atoms with van der Waals surface area (Å²) in [6, 6.07) is -2.65. The highest BCUT2D eigenvalue weighted by Crippen LogP contribution is 2.19. The minimum absolute atomic E-state index is 0.0995. The minimum atomic E-state index is -1.22. The van der Waals surface area contributed by atoms with Crippen molar-refractivity contribution in [2.75, 3.05) is 19.6 Å². The zero-order chi connectivity index (χ0) is 24.4. The van der Waals surface area contributed by atoms with Crippen molar-refractivity contribution < 1.29 is 24.3 Å². The van der Waals surface area contributed by atoms with Crippen LogP contribution in [0.1, 0.15) is 31.4 Å². The number of carboxylic acid groups (broad SMARTS) is 1. The fraction of sp³-hybridized carbons (Fsp3) is 0.579. The highest BCUT2D eigenvalue weighted by Gasteiger charge is 2.37. The predicted molar refractivity (Wildman–Crippen MR) is 117 cm³/mol. The van der Waals surface area contributed by atoms with Gasteiger partial charge < -0.3 is 42.8 Å². The number of carboxylic acids is 1. The Morgan fingerprint density at radius 2 is 2.09 bits per heavy atom. The molecule has 0 aromatic carbocycles. The number of amides is 3. The van der Waals surface area contributed by atoms with E-state index in [-0.39, 0.29) is 31.3 Å². The molecule has 1 aromatic rings. The largest absolute Gasteiger partial charge is 0.480 e. The maximum Gasteiger partial charge on any atom is 0.322 e. The first-order chi connectivity index (χ1) is 15.7. The third-order valence-electron chi connectivity index (χ3n) is 5.14. The smallest absolute Gasteiger partial charge is 0.322 e. The average Bonchev–Trinajstić information content (AvgIpc) is 3.45. The van der Waals surface area contributed by atoms with E-state index >= 15 is 0 Å². The van der Waals surface area contributed by atoms with Gasteiger partial charge in [0.25, 0.3) is 0 Å². The molecule has 3 unspecified atom stereocenters. The first-order valence-electron chi connectivity index (χ1n) is 10.6. The van der Waals surface area contributed by atoms with E-state index in [1.54, 1.807) is 6.20 Å².